The average Bonchev–Trinajstić information content (AvgIpc) is 3.63. The minimum absolute atomic E-state index is 0.0175. The fraction of sp³-hybridized carbons (Fsp3) is 0.697. The van der Waals surface area contributed by atoms with Crippen molar-refractivity contribution in [2.24, 2.45) is 5.92 Å². The maximum absolute atomic E-state index is 13.9. The van der Waals surface area contributed by atoms with E-state index in [0.717, 1.165) is 47.2 Å². The lowest BCUT2D eigenvalue weighted by Gasteiger charge is -2.34. The van der Waals surface area contributed by atoms with Crippen LogP contribution in [0, 0.1) is 5.92 Å². The van der Waals surface area contributed by atoms with Crippen molar-refractivity contribution in [2.75, 3.05) is 87.9 Å². The van der Waals surface area contributed by atoms with Gasteiger partial charge in [-0.2, -0.15) is 0 Å². The first-order valence-electron chi connectivity index (χ1n) is 16.4. The predicted octanol–water partition coefficient (Wildman–Crippen LogP) is 2.68. The zero-order valence-electron chi connectivity index (χ0n) is 28.3. The van der Waals surface area contributed by atoms with Gasteiger partial charge in [-0.3, -0.25) is 24.2 Å². The summed E-state index contributed by atoms with van der Waals surface area (Å²) in [6.45, 7) is 5.46. The van der Waals surface area contributed by atoms with Crippen LogP contribution in [0.15, 0.2) is 12.1 Å². The molecular formula is C33H52N5O8+. The number of likely N-dealkylation sites (tertiary alicyclic amines) is 1. The van der Waals surface area contributed by atoms with Crippen molar-refractivity contribution in [3.63, 3.8) is 0 Å². The first kappa shape index (κ1) is 35.3. The summed E-state index contributed by atoms with van der Waals surface area (Å²) in [4.78, 5) is 58.5. The number of carbonyl (C=O) groups excluding carboxylic acids is 3. The number of hydrogen-bond acceptors (Lipinski definition) is 8. The van der Waals surface area contributed by atoms with Gasteiger partial charge in [0.1, 0.15) is 0 Å². The molecule has 4 amide bonds. The van der Waals surface area contributed by atoms with Gasteiger partial charge in [0, 0.05) is 58.2 Å². The lowest BCUT2D eigenvalue weighted by molar-refractivity contribution is -0.870. The molecule has 0 aromatic heterocycles. The highest BCUT2D eigenvalue weighted by Gasteiger charge is 2.48. The van der Waals surface area contributed by atoms with Gasteiger partial charge < -0.3 is 33.6 Å². The van der Waals surface area contributed by atoms with Gasteiger partial charge in [0.15, 0.2) is 11.5 Å². The van der Waals surface area contributed by atoms with E-state index in [1.54, 1.807) is 11.0 Å². The van der Waals surface area contributed by atoms with Crippen molar-refractivity contribution in [3.8, 4) is 17.2 Å². The van der Waals surface area contributed by atoms with E-state index in [1.807, 2.05) is 15.9 Å². The van der Waals surface area contributed by atoms with Crippen molar-refractivity contribution < 1.29 is 43.0 Å². The summed E-state index contributed by atoms with van der Waals surface area (Å²) in [6, 6.07) is 2.70. The molecular weight excluding hydrogens is 594 g/mol. The molecule has 1 aromatic carbocycles. The predicted molar refractivity (Wildman–Crippen MR) is 171 cm³/mol. The summed E-state index contributed by atoms with van der Waals surface area (Å²) in [6.07, 6.45) is 4.32. The maximum Gasteiger partial charge on any atom is 0.326 e. The van der Waals surface area contributed by atoms with Gasteiger partial charge in [-0.25, -0.2) is 4.79 Å². The molecule has 0 radical (unpaired) electrons. The highest BCUT2D eigenvalue weighted by atomic mass is 16.7. The molecule has 3 aliphatic heterocycles. The van der Waals surface area contributed by atoms with Crippen molar-refractivity contribution in [1.82, 2.24) is 19.6 Å². The number of carbonyl (C=O) groups is 4. The van der Waals surface area contributed by atoms with Crippen molar-refractivity contribution in [1.29, 1.82) is 0 Å². The third-order valence-corrected chi connectivity index (χ3v) is 9.34. The molecule has 0 saturated carbocycles. The van der Waals surface area contributed by atoms with Crippen molar-refractivity contribution in [3.05, 3.63) is 17.7 Å². The molecule has 13 nitrogen and oxygen atoms in total. The molecule has 1 N–H and O–H groups in total. The summed E-state index contributed by atoms with van der Waals surface area (Å²) in [5.41, 5.74) is 0.732. The second kappa shape index (κ2) is 15.3. The fourth-order valence-corrected chi connectivity index (χ4v) is 6.74. The van der Waals surface area contributed by atoms with Gasteiger partial charge in [0.2, 0.25) is 24.4 Å². The fourth-order valence-electron chi connectivity index (χ4n) is 6.74. The second-order valence-electron chi connectivity index (χ2n) is 13.6. The molecule has 3 heterocycles. The minimum atomic E-state index is -0.970. The number of hydrogen-bond donors (Lipinski definition) is 1. The van der Waals surface area contributed by atoms with E-state index in [4.69, 9.17) is 14.2 Å². The third kappa shape index (κ3) is 8.41. The first-order valence-corrected chi connectivity index (χ1v) is 16.4. The Morgan fingerprint density at radius 2 is 1.85 bits per heavy atom. The Morgan fingerprint density at radius 3 is 2.52 bits per heavy atom. The van der Waals surface area contributed by atoms with Crippen LogP contribution in [-0.2, 0) is 14.4 Å². The molecule has 3 atom stereocenters. The number of benzene rings is 1. The van der Waals surface area contributed by atoms with Gasteiger partial charge in [-0.1, -0.05) is 13.3 Å². The first-order chi connectivity index (χ1) is 21.8. The summed E-state index contributed by atoms with van der Waals surface area (Å²) >= 11 is 0. The van der Waals surface area contributed by atoms with Crippen LogP contribution in [0.5, 0.6) is 17.2 Å². The highest BCUT2D eigenvalue weighted by molar-refractivity contribution is 5.96. The second-order valence-corrected chi connectivity index (χ2v) is 13.6. The van der Waals surface area contributed by atoms with Crippen LogP contribution in [0.1, 0.15) is 56.9 Å². The molecule has 1 aromatic rings. The Labute approximate surface area is 272 Å². The Hall–Kier alpha value is -3.58. The summed E-state index contributed by atoms with van der Waals surface area (Å²) in [5.74, 6) is -1.10. The molecule has 2 saturated heterocycles. The average molecular weight is 647 g/mol. The van der Waals surface area contributed by atoms with E-state index in [0.29, 0.717) is 43.3 Å². The van der Waals surface area contributed by atoms with Gasteiger partial charge in [-0.05, 0) is 43.4 Å². The molecule has 2 fully saturated rings. The number of methoxy groups -OCH3 is 1. The third-order valence-electron chi connectivity index (χ3n) is 9.34. The smallest absolute Gasteiger partial charge is 0.326 e. The molecule has 0 aliphatic carbocycles. The summed E-state index contributed by atoms with van der Waals surface area (Å²) < 4.78 is 17.6. The summed E-state index contributed by atoms with van der Waals surface area (Å²) in [5, 5.41) is 10.6. The number of carboxylic acids is 1. The molecule has 3 aliphatic rings. The standard InChI is InChI=1S/C33H51N5O8/c1-7-8-13-35(14-9-10-17-38(3,4)5)29(40)21-37-20-24(23-18-26(44-6)31-27(19-23)45-22-46-31)30(32(41)42)25(37)11-15-36-16-12-28(39)34(2)33(36)43/h18-19,24-25,30H,7-17,20-22H2,1-6H3/p+1/t24-,25+,30?/m1/s1. The number of nitrogens with zero attached hydrogens (tertiary/aromatic N) is 5. The van der Waals surface area contributed by atoms with Crippen LogP contribution in [0.3, 0.4) is 0 Å². The van der Waals surface area contributed by atoms with Gasteiger partial charge in [-0.15, -0.1) is 0 Å². The Bertz CT molecular complexity index is 1270. The van der Waals surface area contributed by atoms with Gasteiger partial charge >= 0.3 is 12.0 Å². The van der Waals surface area contributed by atoms with Gasteiger partial charge in [0.25, 0.3) is 0 Å². The van der Waals surface area contributed by atoms with E-state index in [2.05, 4.69) is 28.1 Å². The molecule has 256 valence electrons. The Kier molecular flexibility index (Phi) is 11.8. The van der Waals surface area contributed by atoms with E-state index >= 15 is 0 Å². The molecule has 13 heteroatoms. The lowest BCUT2D eigenvalue weighted by atomic mass is 9.84. The van der Waals surface area contributed by atoms with Crippen LogP contribution in [0.2, 0.25) is 0 Å². The number of ether oxygens (including phenoxy) is 3. The number of aliphatic carboxylic acids is 1. The van der Waals surface area contributed by atoms with Crippen molar-refractivity contribution >= 4 is 23.8 Å². The summed E-state index contributed by atoms with van der Waals surface area (Å²) in [7, 11) is 9.47. The van der Waals surface area contributed by atoms with E-state index in [-0.39, 0.29) is 50.7 Å². The normalized spacial score (nSPS) is 21.7. The number of quaternary nitrogens is 1. The number of unbranched alkanes of at least 4 members (excludes halogenated alkanes) is 2. The van der Waals surface area contributed by atoms with Crippen LogP contribution in [0.25, 0.3) is 0 Å². The van der Waals surface area contributed by atoms with E-state index in [1.165, 1.54) is 14.2 Å². The minimum Gasteiger partial charge on any atom is -0.493 e. The van der Waals surface area contributed by atoms with E-state index in [9.17, 15) is 24.3 Å². The topological polar surface area (TPSA) is 129 Å². The molecule has 46 heavy (non-hydrogen) atoms. The van der Waals surface area contributed by atoms with Crippen LogP contribution < -0.4 is 14.2 Å². The van der Waals surface area contributed by atoms with Crippen LogP contribution >= 0.6 is 0 Å². The molecule has 4 rings (SSSR count). The maximum atomic E-state index is 13.9. The number of carboxylic acid groups (broad SMARTS) is 1. The number of imide groups is 1. The molecule has 0 spiro atoms. The van der Waals surface area contributed by atoms with Crippen LogP contribution in [0.4, 0.5) is 4.79 Å². The molecule has 1 unspecified atom stereocenters. The zero-order chi connectivity index (χ0) is 33.6. The van der Waals surface area contributed by atoms with Gasteiger partial charge in [0.05, 0.1) is 47.3 Å². The number of rotatable bonds is 16. The SMILES string of the molecule is CCCCN(CCCC[N+](C)(C)C)C(=O)CN1C[C@H](c2cc(OC)c3c(c2)OCO3)C(C(=O)O)[C@@H]1CCN1CCC(=O)N(C)C1=O. The highest BCUT2D eigenvalue weighted by Crippen LogP contribution is 2.47. The lowest BCUT2D eigenvalue weighted by Crippen LogP contribution is -2.52. The quantitative estimate of drug-likeness (QED) is 0.213. The number of urea groups is 1. The van der Waals surface area contributed by atoms with Crippen molar-refractivity contribution in [2.45, 2.75) is 57.4 Å². The van der Waals surface area contributed by atoms with Crippen LogP contribution in [-0.4, -0.2) is 147 Å². The van der Waals surface area contributed by atoms with E-state index < -0.39 is 23.8 Å². The molecule has 0 bridgehead atoms. The number of fused-ring (bicyclic) bond motifs is 1. The largest absolute Gasteiger partial charge is 0.493 e. The zero-order valence-corrected chi connectivity index (χ0v) is 28.3. The Balaban J connectivity index is 1.59. The monoisotopic (exact) mass is 646 g/mol. The Morgan fingerprint density at radius 1 is 1.11 bits per heavy atom. The number of amides is 4.